The summed E-state index contributed by atoms with van der Waals surface area (Å²) in [5, 5.41) is 14.5. The standard InChI is InChI=1S/C14H21F5N2O3.C12H19F2NO4.C9H13F5N2O.C4H8O2.C2H4F3N.2ClH/c1-11(2,3)24-10(23)21-7-13(15,16)12(4,5)8(21)9(22)20-6-14(17,18)19;1-10(2,3)19-9(18)15-6-12(13,14)11(4,5)7(15)8(16)17;1-7(2)5(15-3-8(7,10)11)6(17)16-4-9(12,13)14;1-3-6-4(2)5;3-2(4,5)1-6;;/h8H,6-7H2,1-5H3,(H,20,22);7H,6H2,1-5H3,(H,16,17);5,15H,3-4H2,1-2H3,(H,16,17);3H2,1-2H3;1,6H2;2*1H. The molecule has 440 valence electrons. The maximum Gasteiger partial charge on any atom is 0.411 e. The molecule has 0 saturated carbocycles. The fourth-order valence-electron chi connectivity index (χ4n) is 6.21. The van der Waals surface area contributed by atoms with E-state index in [1.54, 1.807) is 38.3 Å². The van der Waals surface area contributed by atoms with E-state index < -0.39 is 151 Å². The second kappa shape index (κ2) is 27.3. The fraction of sp³-hybridized carbons (Fsp3) is 0.854. The van der Waals surface area contributed by atoms with Crippen LogP contribution in [0.15, 0.2) is 0 Å². The summed E-state index contributed by atoms with van der Waals surface area (Å²) in [5.41, 5.74) is -3.33. The van der Waals surface area contributed by atoms with Crippen molar-refractivity contribution in [3.8, 4) is 0 Å². The Morgan fingerprint density at radius 3 is 1.18 bits per heavy atom. The Bertz CT molecular complexity index is 1860. The van der Waals surface area contributed by atoms with E-state index in [0.717, 1.165) is 41.5 Å². The van der Waals surface area contributed by atoms with Crippen molar-refractivity contribution in [3.05, 3.63) is 0 Å². The van der Waals surface area contributed by atoms with Crippen molar-refractivity contribution in [3.63, 3.8) is 0 Å². The van der Waals surface area contributed by atoms with Crippen molar-refractivity contribution < 1.29 is 114 Å². The third-order valence-corrected chi connectivity index (χ3v) is 10.3. The SMILES string of the molecule is CC(C)(C)OC(=O)N1CC(F)(F)C(C)(C)C1C(=O)NCC(F)(F)F.CC(C)(C)OC(=O)N1CC(F)(F)C(C)(C)C1C(=O)O.CC1(C)C(C(=O)NCC(F)(F)F)NCC1(F)F.CCOC(C)=O.Cl.Cl.NCC(F)(F)F. The summed E-state index contributed by atoms with van der Waals surface area (Å²) in [6.45, 7) is 12.3. The number of carbonyl (C=O) groups excluding carboxylic acids is 5. The molecular formula is C41H67Cl2F15N6O10. The molecule has 3 rings (SSSR count). The van der Waals surface area contributed by atoms with Gasteiger partial charge in [-0.15, -0.1) is 24.8 Å². The van der Waals surface area contributed by atoms with Gasteiger partial charge in [0.05, 0.1) is 55.1 Å². The predicted molar refractivity (Wildman–Crippen MR) is 239 cm³/mol. The van der Waals surface area contributed by atoms with E-state index in [-0.39, 0.29) is 30.8 Å². The topological polar surface area (TPSA) is 219 Å². The van der Waals surface area contributed by atoms with Crippen LogP contribution in [0.3, 0.4) is 0 Å². The van der Waals surface area contributed by atoms with E-state index in [1.807, 2.05) is 0 Å². The Kier molecular flexibility index (Phi) is 28.1. The number of carbonyl (C=O) groups is 6. The zero-order valence-corrected chi connectivity index (χ0v) is 44.4. The molecule has 3 fully saturated rings. The molecule has 6 N–H and O–H groups in total. The van der Waals surface area contributed by atoms with Crippen LogP contribution in [0.5, 0.6) is 0 Å². The van der Waals surface area contributed by atoms with Crippen molar-refractivity contribution >= 4 is 60.8 Å². The molecule has 33 heteroatoms. The van der Waals surface area contributed by atoms with Gasteiger partial charge >= 0.3 is 42.7 Å². The minimum Gasteiger partial charge on any atom is -0.480 e. The summed E-state index contributed by atoms with van der Waals surface area (Å²) in [5.74, 6) is -13.9. The number of esters is 1. The third kappa shape index (κ3) is 23.8. The molecule has 0 aromatic rings. The maximum absolute atomic E-state index is 14.2. The number of nitrogens with zero attached hydrogens (tertiary/aromatic N) is 2. The Hall–Kier alpha value is -4.13. The van der Waals surface area contributed by atoms with E-state index in [0.29, 0.717) is 16.4 Å². The van der Waals surface area contributed by atoms with Crippen LogP contribution >= 0.6 is 24.8 Å². The molecule has 3 saturated heterocycles. The minimum atomic E-state index is -4.70. The molecule has 0 aromatic carbocycles. The molecule has 0 aliphatic carbocycles. The van der Waals surface area contributed by atoms with Crippen molar-refractivity contribution in [2.24, 2.45) is 22.0 Å². The summed E-state index contributed by atoms with van der Waals surface area (Å²) in [7, 11) is 0. The summed E-state index contributed by atoms with van der Waals surface area (Å²) < 4.78 is 202. The largest absolute Gasteiger partial charge is 0.480 e. The first-order valence-electron chi connectivity index (χ1n) is 21.3. The predicted octanol–water partition coefficient (Wildman–Crippen LogP) is 8.52. The normalized spacial score (nSPS) is 21.7. The molecule has 0 radical (unpaired) electrons. The van der Waals surface area contributed by atoms with Gasteiger partial charge in [0.15, 0.2) is 0 Å². The second-order valence-electron chi connectivity index (χ2n) is 19.9. The van der Waals surface area contributed by atoms with Crippen LogP contribution in [0.2, 0.25) is 0 Å². The molecule has 3 heterocycles. The van der Waals surface area contributed by atoms with Crippen molar-refractivity contribution in [1.29, 1.82) is 0 Å². The number of alkyl halides is 15. The molecule has 0 aromatic heterocycles. The van der Waals surface area contributed by atoms with E-state index >= 15 is 0 Å². The molecule has 16 nitrogen and oxygen atoms in total. The molecule has 3 unspecified atom stereocenters. The zero-order chi connectivity index (χ0) is 58.0. The van der Waals surface area contributed by atoms with Crippen LogP contribution in [-0.4, -0.2) is 162 Å². The van der Waals surface area contributed by atoms with Gasteiger partial charge < -0.3 is 35.7 Å². The fourth-order valence-corrected chi connectivity index (χ4v) is 6.21. The summed E-state index contributed by atoms with van der Waals surface area (Å²) in [6, 6.07) is -4.73. The molecule has 4 amide bonds. The van der Waals surface area contributed by atoms with Gasteiger partial charge in [0.2, 0.25) is 11.8 Å². The Morgan fingerprint density at radius 1 is 0.608 bits per heavy atom. The molecule has 3 aliphatic heterocycles. The van der Waals surface area contributed by atoms with Crippen molar-refractivity contribution in [1.82, 2.24) is 25.8 Å². The second-order valence-corrected chi connectivity index (χ2v) is 19.9. The Labute approximate surface area is 430 Å². The number of carboxylic acid groups (broad SMARTS) is 1. The highest BCUT2D eigenvalue weighted by molar-refractivity contribution is 5.88. The number of amides is 4. The number of nitrogens with two attached hydrogens (primary N) is 1. The van der Waals surface area contributed by atoms with Crippen LogP contribution in [0.25, 0.3) is 0 Å². The number of ether oxygens (including phenoxy) is 3. The lowest BCUT2D eigenvalue weighted by Gasteiger charge is -2.33. The summed E-state index contributed by atoms with van der Waals surface area (Å²) >= 11 is 0. The number of hydrogen-bond donors (Lipinski definition) is 5. The minimum absolute atomic E-state index is 0. The monoisotopic (exact) mass is 1160 g/mol. The van der Waals surface area contributed by atoms with Crippen LogP contribution in [0.1, 0.15) is 96.9 Å². The van der Waals surface area contributed by atoms with Crippen LogP contribution in [0, 0.1) is 16.2 Å². The Balaban J connectivity index is -0.000000445. The number of hydrogen-bond acceptors (Lipinski definition) is 11. The van der Waals surface area contributed by atoms with Crippen LogP contribution in [0.4, 0.5) is 75.4 Å². The van der Waals surface area contributed by atoms with Gasteiger partial charge in [-0.2, -0.15) is 39.5 Å². The third-order valence-electron chi connectivity index (χ3n) is 10.3. The highest BCUT2D eigenvalue weighted by Gasteiger charge is 2.66. The average molecular weight is 1160 g/mol. The van der Waals surface area contributed by atoms with Gasteiger partial charge in [0, 0.05) is 6.92 Å². The number of carboxylic acids is 1. The van der Waals surface area contributed by atoms with Gasteiger partial charge in [-0.1, -0.05) is 41.5 Å². The first kappa shape index (κ1) is 76.4. The maximum atomic E-state index is 14.2. The van der Waals surface area contributed by atoms with E-state index in [4.69, 9.17) is 14.6 Å². The molecule has 3 atom stereocenters. The lowest BCUT2D eigenvalue weighted by molar-refractivity contribution is -0.149. The lowest BCUT2D eigenvalue weighted by Crippen LogP contribution is -2.54. The quantitative estimate of drug-likeness (QED) is 0.0961. The van der Waals surface area contributed by atoms with Crippen molar-refractivity contribution in [2.45, 2.75) is 163 Å². The average Bonchev–Trinajstić information content (AvgIpc) is 3.57. The number of aliphatic carboxylic acids is 1. The van der Waals surface area contributed by atoms with Crippen LogP contribution in [-0.2, 0) is 33.4 Å². The molecule has 0 spiro atoms. The smallest absolute Gasteiger partial charge is 0.411 e. The Morgan fingerprint density at radius 2 is 0.932 bits per heavy atom. The zero-order valence-electron chi connectivity index (χ0n) is 42.8. The highest BCUT2D eigenvalue weighted by atomic mass is 35.5. The van der Waals surface area contributed by atoms with E-state index in [2.05, 4.69) is 15.8 Å². The molecule has 74 heavy (non-hydrogen) atoms. The van der Waals surface area contributed by atoms with E-state index in [9.17, 15) is 94.6 Å². The lowest BCUT2D eigenvalue weighted by atomic mass is 9.81. The van der Waals surface area contributed by atoms with Gasteiger partial charge in [-0.25, -0.2) is 40.7 Å². The van der Waals surface area contributed by atoms with Gasteiger partial charge in [0.1, 0.15) is 36.4 Å². The number of nitrogens with one attached hydrogen (secondary N) is 3. The molecule has 0 bridgehead atoms. The number of rotatable bonds is 6. The molecule has 3 aliphatic rings. The summed E-state index contributed by atoms with van der Waals surface area (Å²) in [4.78, 5) is 69.5. The first-order chi connectivity index (χ1) is 31.6. The summed E-state index contributed by atoms with van der Waals surface area (Å²) in [6.07, 6.45) is -15.6. The molecular weight excluding hydrogens is 1090 g/mol. The number of halogens is 17. The van der Waals surface area contributed by atoms with Crippen molar-refractivity contribution in [2.75, 3.05) is 45.9 Å². The van der Waals surface area contributed by atoms with Crippen LogP contribution < -0.4 is 21.7 Å². The van der Waals surface area contributed by atoms with Gasteiger partial charge in [-0.3, -0.25) is 29.5 Å². The van der Waals surface area contributed by atoms with Gasteiger partial charge in [0.25, 0.3) is 17.8 Å². The highest BCUT2D eigenvalue weighted by Crippen LogP contribution is 2.49. The number of likely N-dealkylation sites (tertiary alicyclic amines) is 2. The van der Waals surface area contributed by atoms with Gasteiger partial charge in [-0.05, 0) is 48.5 Å². The first-order valence-corrected chi connectivity index (χ1v) is 21.3. The van der Waals surface area contributed by atoms with E-state index in [1.165, 1.54) is 27.7 Å².